The third kappa shape index (κ3) is 1.46. The first kappa shape index (κ1) is 9.71. The van der Waals surface area contributed by atoms with E-state index < -0.39 is 0 Å². The molecule has 0 N–H and O–H groups in total. The number of fused-ring (bicyclic) bond motifs is 1. The molecule has 0 bridgehead atoms. The maximum Gasteiger partial charge on any atom is 0.0699 e. The van der Waals surface area contributed by atoms with Crippen LogP contribution in [-0.2, 0) is 0 Å². The van der Waals surface area contributed by atoms with Gasteiger partial charge < -0.3 is 0 Å². The van der Waals surface area contributed by atoms with Crippen LogP contribution in [0.15, 0.2) is 22.7 Å². The molecule has 0 aliphatic carbocycles. The first-order chi connectivity index (χ1) is 6.59. The van der Waals surface area contributed by atoms with Crippen LogP contribution >= 0.6 is 15.9 Å². The Morgan fingerprint density at radius 3 is 2.71 bits per heavy atom. The zero-order valence-electron chi connectivity index (χ0n) is 8.58. The Morgan fingerprint density at radius 2 is 2.07 bits per heavy atom. The van der Waals surface area contributed by atoms with Crippen molar-refractivity contribution in [2.75, 3.05) is 0 Å². The van der Waals surface area contributed by atoms with Crippen LogP contribution in [0.2, 0.25) is 0 Å². The van der Waals surface area contributed by atoms with Crippen molar-refractivity contribution in [1.82, 2.24) is 9.78 Å². The predicted octanol–water partition coefficient (Wildman–Crippen LogP) is 3.69. The number of halogens is 1. The standard InChI is InChI=1S/C11H13BrN2/c1-7(2)14-11-6-9(12)4-5-10(11)8(3)13-14/h4-7H,1-3H3. The second kappa shape index (κ2) is 3.39. The van der Waals surface area contributed by atoms with E-state index >= 15 is 0 Å². The SMILES string of the molecule is Cc1nn(C(C)C)c2cc(Br)ccc12. The van der Waals surface area contributed by atoms with Gasteiger partial charge in [-0.25, -0.2) is 0 Å². The topological polar surface area (TPSA) is 17.8 Å². The average molecular weight is 253 g/mol. The molecule has 0 aliphatic rings. The normalized spacial score (nSPS) is 11.5. The molecule has 0 atom stereocenters. The van der Waals surface area contributed by atoms with E-state index in [4.69, 9.17) is 0 Å². The zero-order chi connectivity index (χ0) is 10.3. The molecule has 0 aliphatic heterocycles. The van der Waals surface area contributed by atoms with E-state index in [0.717, 1.165) is 10.2 Å². The second-order valence-electron chi connectivity index (χ2n) is 3.79. The summed E-state index contributed by atoms with van der Waals surface area (Å²) in [5, 5.41) is 5.76. The third-order valence-electron chi connectivity index (χ3n) is 2.34. The lowest BCUT2D eigenvalue weighted by Gasteiger charge is -2.06. The molecule has 2 rings (SSSR count). The second-order valence-corrected chi connectivity index (χ2v) is 4.70. The minimum absolute atomic E-state index is 0.403. The van der Waals surface area contributed by atoms with Crippen molar-refractivity contribution < 1.29 is 0 Å². The summed E-state index contributed by atoms with van der Waals surface area (Å²) in [6.07, 6.45) is 0. The van der Waals surface area contributed by atoms with Crippen molar-refractivity contribution >= 4 is 26.8 Å². The van der Waals surface area contributed by atoms with Crippen LogP contribution in [0.25, 0.3) is 10.9 Å². The molecule has 3 heteroatoms. The van der Waals surface area contributed by atoms with Crippen LogP contribution in [0.5, 0.6) is 0 Å². The number of nitrogens with zero attached hydrogens (tertiary/aromatic N) is 2. The summed E-state index contributed by atoms with van der Waals surface area (Å²) >= 11 is 3.48. The summed E-state index contributed by atoms with van der Waals surface area (Å²) in [7, 11) is 0. The average Bonchev–Trinajstić information content (AvgIpc) is 2.43. The Labute approximate surface area is 92.0 Å². The highest BCUT2D eigenvalue weighted by atomic mass is 79.9. The minimum Gasteiger partial charge on any atom is -0.262 e. The van der Waals surface area contributed by atoms with Crippen LogP contribution in [0.1, 0.15) is 25.6 Å². The van der Waals surface area contributed by atoms with Crippen molar-refractivity contribution in [2.45, 2.75) is 26.8 Å². The van der Waals surface area contributed by atoms with E-state index in [0.29, 0.717) is 6.04 Å². The molecule has 1 aromatic heterocycles. The summed E-state index contributed by atoms with van der Waals surface area (Å²) in [6.45, 7) is 6.34. The lowest BCUT2D eigenvalue weighted by atomic mass is 10.2. The lowest BCUT2D eigenvalue weighted by Crippen LogP contribution is -2.02. The number of aromatic nitrogens is 2. The Hall–Kier alpha value is -0.830. The van der Waals surface area contributed by atoms with Crippen LogP contribution < -0.4 is 0 Å². The molecule has 0 fully saturated rings. The highest BCUT2D eigenvalue weighted by Gasteiger charge is 2.09. The quantitative estimate of drug-likeness (QED) is 0.757. The van der Waals surface area contributed by atoms with Crippen molar-refractivity contribution in [3.8, 4) is 0 Å². The van der Waals surface area contributed by atoms with E-state index in [1.807, 2.05) is 0 Å². The Bertz CT molecular complexity index is 471. The molecule has 0 spiro atoms. The third-order valence-corrected chi connectivity index (χ3v) is 2.84. The first-order valence-electron chi connectivity index (χ1n) is 4.74. The number of aryl methyl sites for hydroxylation is 1. The number of rotatable bonds is 1. The fraction of sp³-hybridized carbons (Fsp3) is 0.364. The summed E-state index contributed by atoms with van der Waals surface area (Å²) in [5.74, 6) is 0. The van der Waals surface area contributed by atoms with Crippen molar-refractivity contribution in [2.24, 2.45) is 0 Å². The van der Waals surface area contributed by atoms with E-state index in [9.17, 15) is 0 Å². The van der Waals surface area contributed by atoms with Crippen LogP contribution in [0.3, 0.4) is 0 Å². The van der Waals surface area contributed by atoms with Crippen molar-refractivity contribution in [1.29, 1.82) is 0 Å². The highest BCUT2D eigenvalue weighted by Crippen LogP contribution is 2.24. The Kier molecular flexibility index (Phi) is 2.35. The van der Waals surface area contributed by atoms with Gasteiger partial charge in [-0.3, -0.25) is 4.68 Å². The van der Waals surface area contributed by atoms with E-state index in [2.05, 4.69) is 64.7 Å². The molecule has 0 saturated carbocycles. The fourth-order valence-corrected chi connectivity index (χ4v) is 2.01. The summed E-state index contributed by atoms with van der Waals surface area (Å²) in [4.78, 5) is 0. The van der Waals surface area contributed by atoms with Gasteiger partial charge >= 0.3 is 0 Å². The number of hydrogen-bond donors (Lipinski definition) is 0. The number of hydrogen-bond acceptors (Lipinski definition) is 1. The molecule has 74 valence electrons. The molecule has 2 aromatic rings. The van der Waals surface area contributed by atoms with Gasteiger partial charge in [0.1, 0.15) is 0 Å². The Balaban J connectivity index is 2.79. The van der Waals surface area contributed by atoms with Crippen LogP contribution in [0.4, 0.5) is 0 Å². The monoisotopic (exact) mass is 252 g/mol. The van der Waals surface area contributed by atoms with E-state index in [-0.39, 0.29) is 0 Å². The molecule has 0 saturated heterocycles. The summed E-state index contributed by atoms with van der Waals surface area (Å²) < 4.78 is 3.17. The molecule has 14 heavy (non-hydrogen) atoms. The van der Waals surface area contributed by atoms with Gasteiger partial charge in [-0.2, -0.15) is 5.10 Å². The summed E-state index contributed by atoms with van der Waals surface area (Å²) in [6, 6.07) is 6.69. The maximum absolute atomic E-state index is 4.53. The van der Waals surface area contributed by atoms with Gasteiger partial charge in [-0.05, 0) is 39.0 Å². The minimum atomic E-state index is 0.403. The van der Waals surface area contributed by atoms with Gasteiger partial charge in [0.15, 0.2) is 0 Å². The maximum atomic E-state index is 4.53. The van der Waals surface area contributed by atoms with Gasteiger partial charge in [0.25, 0.3) is 0 Å². The molecule has 2 nitrogen and oxygen atoms in total. The van der Waals surface area contributed by atoms with Gasteiger partial charge in [-0.1, -0.05) is 15.9 Å². The van der Waals surface area contributed by atoms with E-state index in [1.54, 1.807) is 0 Å². The molecular formula is C11H13BrN2. The van der Waals surface area contributed by atoms with Gasteiger partial charge in [-0.15, -0.1) is 0 Å². The molecule has 1 heterocycles. The molecule has 0 radical (unpaired) electrons. The molecule has 0 unspecified atom stereocenters. The molecule has 1 aromatic carbocycles. The van der Waals surface area contributed by atoms with Crippen LogP contribution in [-0.4, -0.2) is 9.78 Å². The highest BCUT2D eigenvalue weighted by molar-refractivity contribution is 9.10. The first-order valence-corrected chi connectivity index (χ1v) is 5.53. The van der Waals surface area contributed by atoms with Crippen molar-refractivity contribution in [3.63, 3.8) is 0 Å². The zero-order valence-corrected chi connectivity index (χ0v) is 10.2. The number of benzene rings is 1. The molecular weight excluding hydrogens is 240 g/mol. The smallest absolute Gasteiger partial charge is 0.0699 e. The largest absolute Gasteiger partial charge is 0.262 e. The van der Waals surface area contributed by atoms with Crippen LogP contribution in [0, 0.1) is 6.92 Å². The Morgan fingerprint density at radius 1 is 1.36 bits per heavy atom. The molecule has 0 amide bonds. The summed E-state index contributed by atoms with van der Waals surface area (Å²) in [5.41, 5.74) is 2.30. The van der Waals surface area contributed by atoms with Gasteiger partial charge in [0.2, 0.25) is 0 Å². The predicted molar refractivity (Wildman–Crippen MR) is 62.6 cm³/mol. The van der Waals surface area contributed by atoms with Crippen molar-refractivity contribution in [3.05, 3.63) is 28.4 Å². The van der Waals surface area contributed by atoms with E-state index in [1.165, 1.54) is 10.9 Å². The van der Waals surface area contributed by atoms with Gasteiger partial charge in [0, 0.05) is 15.9 Å². The van der Waals surface area contributed by atoms with Gasteiger partial charge in [0.05, 0.1) is 11.2 Å². The fourth-order valence-electron chi connectivity index (χ4n) is 1.66. The lowest BCUT2D eigenvalue weighted by molar-refractivity contribution is 0.547.